The molecule has 1 N–H and O–H groups in total. The molecule has 1 atom stereocenters. The van der Waals surface area contributed by atoms with Gasteiger partial charge in [0.2, 0.25) is 10.0 Å². The minimum absolute atomic E-state index is 0.0198. The number of sulfonamides is 1. The van der Waals surface area contributed by atoms with Crippen LogP contribution in [0.3, 0.4) is 0 Å². The van der Waals surface area contributed by atoms with E-state index in [0.717, 1.165) is 35.7 Å². The first-order valence-corrected chi connectivity index (χ1v) is 8.67. The molecule has 0 aliphatic carbocycles. The molecule has 0 aromatic carbocycles. The molecule has 0 spiro atoms. The van der Waals surface area contributed by atoms with Crippen molar-refractivity contribution in [1.82, 2.24) is 4.72 Å². The number of thiophene rings is 1. The van der Waals surface area contributed by atoms with E-state index in [0.29, 0.717) is 4.88 Å². The second-order valence-corrected chi connectivity index (χ2v) is 7.94. The van der Waals surface area contributed by atoms with Crippen molar-refractivity contribution >= 4 is 33.1 Å². The molecule has 4 nitrogen and oxygen atoms in total. The highest BCUT2D eigenvalue weighted by molar-refractivity contribution is 7.99. The SMILES string of the molecule is N#Cc1ccc(S(=O)(=O)NC2CCCSC2)s1. The number of nitrogens with zero attached hydrogens (tertiary/aromatic N) is 1. The van der Waals surface area contributed by atoms with Crippen molar-refractivity contribution in [3.05, 3.63) is 17.0 Å². The molecule has 0 bridgehead atoms. The van der Waals surface area contributed by atoms with E-state index in [-0.39, 0.29) is 10.3 Å². The van der Waals surface area contributed by atoms with E-state index in [1.165, 1.54) is 12.1 Å². The third-order valence-electron chi connectivity index (χ3n) is 2.44. The largest absolute Gasteiger partial charge is 0.250 e. The van der Waals surface area contributed by atoms with E-state index in [9.17, 15) is 8.42 Å². The second kappa shape index (κ2) is 5.40. The summed E-state index contributed by atoms with van der Waals surface area (Å²) in [6, 6.07) is 4.99. The topological polar surface area (TPSA) is 70.0 Å². The van der Waals surface area contributed by atoms with Crippen LogP contribution >= 0.6 is 23.1 Å². The Hall–Kier alpha value is -0.550. The van der Waals surface area contributed by atoms with E-state index >= 15 is 0 Å². The predicted molar refractivity (Wildman–Crippen MR) is 69.7 cm³/mol. The summed E-state index contributed by atoms with van der Waals surface area (Å²) in [5, 5.41) is 8.68. The van der Waals surface area contributed by atoms with Gasteiger partial charge in [0.1, 0.15) is 15.2 Å². The zero-order valence-corrected chi connectivity index (χ0v) is 11.5. The van der Waals surface area contributed by atoms with Gasteiger partial charge in [0.15, 0.2) is 0 Å². The van der Waals surface area contributed by atoms with Gasteiger partial charge in [0.25, 0.3) is 0 Å². The van der Waals surface area contributed by atoms with Crippen LogP contribution in [-0.2, 0) is 10.0 Å². The molecule has 1 saturated heterocycles. The van der Waals surface area contributed by atoms with Crippen LogP contribution in [0, 0.1) is 11.3 Å². The molecule has 1 aliphatic rings. The average Bonchev–Trinajstić information content (AvgIpc) is 2.79. The quantitative estimate of drug-likeness (QED) is 0.920. The maximum absolute atomic E-state index is 12.0. The summed E-state index contributed by atoms with van der Waals surface area (Å²) in [4.78, 5) is 0.420. The van der Waals surface area contributed by atoms with E-state index in [4.69, 9.17) is 5.26 Å². The summed E-state index contributed by atoms with van der Waals surface area (Å²) in [6.45, 7) is 0. The molecule has 2 heterocycles. The number of hydrogen-bond donors (Lipinski definition) is 1. The number of rotatable bonds is 3. The molecule has 7 heteroatoms. The first kappa shape index (κ1) is 12.9. The van der Waals surface area contributed by atoms with Gasteiger partial charge in [-0.3, -0.25) is 0 Å². The maximum Gasteiger partial charge on any atom is 0.250 e. The van der Waals surface area contributed by atoms with Gasteiger partial charge >= 0.3 is 0 Å². The summed E-state index contributed by atoms with van der Waals surface area (Å²) in [6.07, 6.45) is 1.94. The summed E-state index contributed by atoms with van der Waals surface area (Å²) in [5.74, 6) is 1.94. The Labute approximate surface area is 109 Å². The van der Waals surface area contributed by atoms with Crippen LogP contribution in [0.15, 0.2) is 16.3 Å². The highest BCUT2D eigenvalue weighted by atomic mass is 32.2. The maximum atomic E-state index is 12.0. The minimum Gasteiger partial charge on any atom is -0.207 e. The Kier molecular flexibility index (Phi) is 4.09. The number of nitriles is 1. The Morgan fingerprint density at radius 3 is 2.88 bits per heavy atom. The van der Waals surface area contributed by atoms with Gasteiger partial charge < -0.3 is 0 Å². The monoisotopic (exact) mass is 288 g/mol. The highest BCUT2D eigenvalue weighted by Crippen LogP contribution is 2.23. The van der Waals surface area contributed by atoms with Crippen LogP contribution in [-0.4, -0.2) is 26.0 Å². The third kappa shape index (κ3) is 3.22. The third-order valence-corrected chi connectivity index (χ3v) is 6.66. The Balaban J connectivity index is 2.10. The average molecular weight is 288 g/mol. The first-order valence-electron chi connectivity index (χ1n) is 5.22. The van der Waals surface area contributed by atoms with Crippen molar-refractivity contribution in [2.24, 2.45) is 0 Å². The van der Waals surface area contributed by atoms with E-state index in [1.807, 2.05) is 6.07 Å². The van der Waals surface area contributed by atoms with Crippen LogP contribution in [0.2, 0.25) is 0 Å². The van der Waals surface area contributed by atoms with E-state index in [2.05, 4.69) is 4.72 Å². The summed E-state index contributed by atoms with van der Waals surface area (Å²) < 4.78 is 26.9. The smallest absolute Gasteiger partial charge is 0.207 e. The van der Waals surface area contributed by atoms with Gasteiger partial charge in [0, 0.05) is 11.8 Å². The van der Waals surface area contributed by atoms with Crippen molar-refractivity contribution in [1.29, 1.82) is 5.26 Å². The summed E-state index contributed by atoms with van der Waals surface area (Å²) >= 11 is 2.78. The molecule has 92 valence electrons. The summed E-state index contributed by atoms with van der Waals surface area (Å²) in [5.41, 5.74) is 0. The standard InChI is InChI=1S/C10H12N2O2S3/c11-6-9-3-4-10(16-9)17(13,14)12-8-2-1-5-15-7-8/h3-4,8,12H,1-2,5,7H2. The predicted octanol–water partition coefficient (Wildman–Crippen LogP) is 1.79. The lowest BCUT2D eigenvalue weighted by Gasteiger charge is -2.21. The number of thioether (sulfide) groups is 1. The van der Waals surface area contributed by atoms with Gasteiger partial charge in [-0.1, -0.05) is 0 Å². The molecule has 0 amide bonds. The summed E-state index contributed by atoms with van der Waals surface area (Å²) in [7, 11) is -3.45. The van der Waals surface area contributed by atoms with Crippen molar-refractivity contribution < 1.29 is 8.42 Å². The zero-order chi connectivity index (χ0) is 12.3. The fourth-order valence-electron chi connectivity index (χ4n) is 1.64. The molecular weight excluding hydrogens is 276 g/mol. The molecule has 1 aromatic rings. The second-order valence-electron chi connectivity index (χ2n) is 3.77. The fraction of sp³-hybridized carbons (Fsp3) is 0.500. The van der Waals surface area contributed by atoms with Crippen LogP contribution in [0.5, 0.6) is 0 Å². The molecule has 17 heavy (non-hydrogen) atoms. The van der Waals surface area contributed by atoms with Gasteiger partial charge in [0.05, 0.1) is 0 Å². The molecular formula is C10H12N2O2S3. The lowest BCUT2D eigenvalue weighted by Crippen LogP contribution is -2.37. The fourth-order valence-corrected chi connectivity index (χ4v) is 5.20. The van der Waals surface area contributed by atoms with Crippen LogP contribution in [0.25, 0.3) is 0 Å². The first-order chi connectivity index (χ1) is 8.12. The van der Waals surface area contributed by atoms with Crippen molar-refractivity contribution in [3.8, 4) is 6.07 Å². The lowest BCUT2D eigenvalue weighted by atomic mass is 10.2. The zero-order valence-electron chi connectivity index (χ0n) is 9.05. The van der Waals surface area contributed by atoms with E-state index in [1.54, 1.807) is 11.8 Å². The van der Waals surface area contributed by atoms with Gasteiger partial charge in [-0.2, -0.15) is 17.0 Å². The van der Waals surface area contributed by atoms with Crippen molar-refractivity contribution in [2.75, 3.05) is 11.5 Å². The molecule has 1 fully saturated rings. The minimum atomic E-state index is -3.45. The molecule has 1 aromatic heterocycles. The number of hydrogen-bond acceptors (Lipinski definition) is 5. The Bertz CT molecular complexity index is 524. The molecule has 1 aliphatic heterocycles. The Morgan fingerprint density at radius 2 is 2.29 bits per heavy atom. The molecule has 1 unspecified atom stereocenters. The van der Waals surface area contributed by atoms with Crippen molar-refractivity contribution in [3.63, 3.8) is 0 Å². The lowest BCUT2D eigenvalue weighted by molar-refractivity contribution is 0.545. The van der Waals surface area contributed by atoms with E-state index < -0.39 is 10.0 Å². The normalized spacial score (nSPS) is 21.0. The van der Waals surface area contributed by atoms with Gasteiger partial charge in [-0.15, -0.1) is 11.3 Å². The molecule has 0 saturated carbocycles. The number of nitrogens with one attached hydrogen (secondary N) is 1. The van der Waals surface area contributed by atoms with Crippen LogP contribution < -0.4 is 4.72 Å². The van der Waals surface area contributed by atoms with Crippen LogP contribution in [0.1, 0.15) is 17.7 Å². The van der Waals surface area contributed by atoms with Crippen LogP contribution in [0.4, 0.5) is 0 Å². The molecule has 2 rings (SSSR count). The molecule has 0 radical (unpaired) electrons. The van der Waals surface area contributed by atoms with Crippen molar-refractivity contribution in [2.45, 2.75) is 23.1 Å². The van der Waals surface area contributed by atoms with Gasteiger partial charge in [-0.05, 0) is 30.7 Å². The van der Waals surface area contributed by atoms with Gasteiger partial charge in [-0.25, -0.2) is 13.1 Å². The Morgan fingerprint density at radius 1 is 1.47 bits per heavy atom. The highest BCUT2D eigenvalue weighted by Gasteiger charge is 2.23.